The number of halogens is 1. The summed E-state index contributed by atoms with van der Waals surface area (Å²) in [6.07, 6.45) is 3.60. The molecule has 0 atom stereocenters. The zero-order valence-electron chi connectivity index (χ0n) is 16.5. The molecule has 4 rings (SSSR count). The van der Waals surface area contributed by atoms with Crippen molar-refractivity contribution in [2.45, 2.75) is 12.8 Å². The predicted octanol–water partition coefficient (Wildman–Crippen LogP) is 3.42. The normalized spacial score (nSPS) is 15.0. The number of benzene rings is 2. The Labute approximate surface area is 170 Å². The number of nitrogens with one attached hydrogen (secondary N) is 2. The van der Waals surface area contributed by atoms with E-state index in [-0.39, 0.29) is 11.8 Å². The molecule has 1 saturated heterocycles. The van der Waals surface area contributed by atoms with E-state index in [1.165, 1.54) is 22.5 Å². The molecule has 1 aliphatic rings. The largest absolute Gasteiger partial charge is 0.361 e. The van der Waals surface area contributed by atoms with Gasteiger partial charge in [0.05, 0.1) is 0 Å². The number of urea groups is 1. The molecule has 2 N–H and O–H groups in total. The molecular weight excluding hydrogens is 367 g/mol. The number of aromatic amines is 1. The molecule has 0 saturated carbocycles. The highest BCUT2D eigenvalue weighted by molar-refractivity contribution is 5.83. The molecule has 0 radical (unpaired) electrons. The van der Waals surface area contributed by atoms with Crippen molar-refractivity contribution in [3.63, 3.8) is 0 Å². The summed E-state index contributed by atoms with van der Waals surface area (Å²) < 4.78 is 13.6. The van der Waals surface area contributed by atoms with Crippen molar-refractivity contribution in [1.29, 1.82) is 0 Å². The number of carbonyl (C=O) groups is 1. The van der Waals surface area contributed by atoms with Gasteiger partial charge in [0.15, 0.2) is 0 Å². The first-order valence-electron chi connectivity index (χ1n) is 10.2. The zero-order valence-corrected chi connectivity index (χ0v) is 16.5. The second-order valence-electron chi connectivity index (χ2n) is 7.51. The predicted molar refractivity (Wildman–Crippen MR) is 114 cm³/mol. The topological polar surface area (TPSA) is 51.4 Å². The van der Waals surface area contributed by atoms with Gasteiger partial charge in [0.1, 0.15) is 5.82 Å². The van der Waals surface area contributed by atoms with Gasteiger partial charge in [-0.2, -0.15) is 0 Å². The van der Waals surface area contributed by atoms with Crippen LogP contribution in [0.25, 0.3) is 10.9 Å². The average molecular weight is 394 g/mol. The Balaban J connectivity index is 1.19. The molecule has 3 aromatic rings. The van der Waals surface area contributed by atoms with Crippen molar-refractivity contribution < 1.29 is 9.18 Å². The highest BCUT2D eigenvalue weighted by atomic mass is 19.1. The molecule has 152 valence electrons. The monoisotopic (exact) mass is 394 g/mol. The van der Waals surface area contributed by atoms with E-state index < -0.39 is 0 Å². The summed E-state index contributed by atoms with van der Waals surface area (Å²) in [6.45, 7) is 4.64. The van der Waals surface area contributed by atoms with E-state index in [0.717, 1.165) is 39.1 Å². The second kappa shape index (κ2) is 9.09. The number of nitrogens with zero attached hydrogens (tertiary/aromatic N) is 2. The quantitative estimate of drug-likeness (QED) is 0.673. The van der Waals surface area contributed by atoms with Crippen LogP contribution >= 0.6 is 0 Å². The summed E-state index contributed by atoms with van der Waals surface area (Å²) in [5.74, 6) is -0.217. The van der Waals surface area contributed by atoms with Gasteiger partial charge in [-0.05, 0) is 36.1 Å². The number of piperazine rings is 1. The first-order valence-corrected chi connectivity index (χ1v) is 10.2. The molecule has 0 unspecified atom stereocenters. The average Bonchev–Trinajstić information content (AvgIpc) is 3.17. The molecule has 1 aliphatic heterocycles. The number of aromatic nitrogens is 1. The molecule has 5 nitrogen and oxygen atoms in total. The maximum Gasteiger partial charge on any atom is 0.317 e. The SMILES string of the molecule is O=C(NCCc1ccccc1F)N1CCN(CCc2c[nH]c3ccccc23)CC1. The number of hydrogen-bond donors (Lipinski definition) is 2. The fourth-order valence-electron chi connectivity index (χ4n) is 3.91. The van der Waals surface area contributed by atoms with E-state index in [9.17, 15) is 9.18 Å². The second-order valence-corrected chi connectivity index (χ2v) is 7.51. The lowest BCUT2D eigenvalue weighted by Crippen LogP contribution is -2.52. The minimum absolute atomic E-state index is 0.0578. The van der Waals surface area contributed by atoms with Crippen LogP contribution in [0.1, 0.15) is 11.1 Å². The fraction of sp³-hybridized carbons (Fsp3) is 0.348. The Morgan fingerprint density at radius 1 is 0.966 bits per heavy atom. The summed E-state index contributed by atoms with van der Waals surface area (Å²) >= 11 is 0. The highest BCUT2D eigenvalue weighted by Gasteiger charge is 2.20. The van der Waals surface area contributed by atoms with Gasteiger partial charge in [-0.1, -0.05) is 36.4 Å². The number of H-pyrrole nitrogens is 1. The summed E-state index contributed by atoms with van der Waals surface area (Å²) in [6, 6.07) is 15.0. The first kappa shape index (κ1) is 19.5. The third-order valence-electron chi connectivity index (χ3n) is 5.66. The van der Waals surface area contributed by atoms with Crippen molar-refractivity contribution in [3.8, 4) is 0 Å². The van der Waals surface area contributed by atoms with Crippen molar-refractivity contribution in [3.05, 3.63) is 71.7 Å². The van der Waals surface area contributed by atoms with Gasteiger partial charge in [-0.3, -0.25) is 4.90 Å². The number of carbonyl (C=O) groups excluding carboxylic acids is 1. The molecule has 1 aromatic heterocycles. The summed E-state index contributed by atoms with van der Waals surface area (Å²) in [7, 11) is 0. The summed E-state index contributed by atoms with van der Waals surface area (Å²) in [5, 5.41) is 4.21. The Morgan fingerprint density at radius 2 is 1.72 bits per heavy atom. The van der Waals surface area contributed by atoms with Crippen LogP contribution in [0, 0.1) is 5.82 Å². The zero-order chi connectivity index (χ0) is 20.1. The number of hydrogen-bond acceptors (Lipinski definition) is 2. The first-order chi connectivity index (χ1) is 14.2. The smallest absolute Gasteiger partial charge is 0.317 e. The van der Waals surface area contributed by atoms with Crippen molar-refractivity contribution >= 4 is 16.9 Å². The Morgan fingerprint density at radius 3 is 2.55 bits per heavy atom. The van der Waals surface area contributed by atoms with Crippen molar-refractivity contribution in [1.82, 2.24) is 20.1 Å². The summed E-state index contributed by atoms with van der Waals surface area (Å²) in [5.41, 5.74) is 3.16. The van der Waals surface area contributed by atoms with Crippen LogP contribution in [0.4, 0.5) is 9.18 Å². The minimum atomic E-state index is -0.217. The van der Waals surface area contributed by atoms with Gasteiger partial charge in [0.2, 0.25) is 0 Å². The van der Waals surface area contributed by atoms with Gasteiger partial charge < -0.3 is 15.2 Å². The molecular formula is C23H27FN4O. The van der Waals surface area contributed by atoms with Crippen LogP contribution in [0.3, 0.4) is 0 Å². The molecule has 29 heavy (non-hydrogen) atoms. The molecule has 2 heterocycles. The van der Waals surface area contributed by atoms with E-state index in [2.05, 4.69) is 39.6 Å². The minimum Gasteiger partial charge on any atom is -0.361 e. The molecule has 0 spiro atoms. The van der Waals surface area contributed by atoms with Crippen LogP contribution in [-0.4, -0.2) is 60.1 Å². The molecule has 6 heteroatoms. The third-order valence-corrected chi connectivity index (χ3v) is 5.66. The van der Waals surface area contributed by atoms with Crippen molar-refractivity contribution in [2.75, 3.05) is 39.3 Å². The van der Waals surface area contributed by atoms with Crippen LogP contribution < -0.4 is 5.32 Å². The molecule has 2 aromatic carbocycles. The van der Waals surface area contributed by atoms with Gasteiger partial charge >= 0.3 is 6.03 Å². The molecule has 0 bridgehead atoms. The van der Waals surface area contributed by atoms with Crippen LogP contribution in [-0.2, 0) is 12.8 Å². The van der Waals surface area contributed by atoms with Crippen LogP contribution in [0.5, 0.6) is 0 Å². The Bertz CT molecular complexity index is 962. The van der Waals surface area contributed by atoms with E-state index in [4.69, 9.17) is 0 Å². The van der Waals surface area contributed by atoms with E-state index >= 15 is 0 Å². The number of rotatable bonds is 6. The van der Waals surface area contributed by atoms with Crippen molar-refractivity contribution in [2.24, 2.45) is 0 Å². The van der Waals surface area contributed by atoms with Crippen LogP contribution in [0.15, 0.2) is 54.7 Å². The fourth-order valence-corrected chi connectivity index (χ4v) is 3.91. The van der Waals surface area contributed by atoms with Crippen LogP contribution in [0.2, 0.25) is 0 Å². The van der Waals surface area contributed by atoms with Gasteiger partial charge in [-0.25, -0.2) is 9.18 Å². The third kappa shape index (κ3) is 4.77. The van der Waals surface area contributed by atoms with Gasteiger partial charge in [0.25, 0.3) is 0 Å². The number of fused-ring (bicyclic) bond motifs is 1. The molecule has 2 amide bonds. The lowest BCUT2D eigenvalue weighted by molar-refractivity contribution is 0.140. The van der Waals surface area contributed by atoms with E-state index in [1.54, 1.807) is 12.1 Å². The number of amides is 2. The molecule has 0 aliphatic carbocycles. The standard InChI is InChI=1S/C23H27FN4O/c24-21-7-3-1-5-18(21)9-11-25-23(29)28-15-13-27(14-16-28)12-10-19-17-26-22-8-4-2-6-20(19)22/h1-8,17,26H,9-16H2,(H,25,29). The Hall–Kier alpha value is -2.86. The summed E-state index contributed by atoms with van der Waals surface area (Å²) in [4.78, 5) is 20.0. The maximum absolute atomic E-state index is 13.6. The lowest BCUT2D eigenvalue weighted by atomic mass is 10.1. The Kier molecular flexibility index (Phi) is 6.10. The lowest BCUT2D eigenvalue weighted by Gasteiger charge is -2.34. The van der Waals surface area contributed by atoms with Gasteiger partial charge in [-0.15, -0.1) is 0 Å². The van der Waals surface area contributed by atoms with E-state index in [0.29, 0.717) is 18.5 Å². The highest BCUT2D eigenvalue weighted by Crippen LogP contribution is 2.18. The maximum atomic E-state index is 13.6. The molecule has 1 fully saturated rings. The number of para-hydroxylation sites is 1. The van der Waals surface area contributed by atoms with Gasteiger partial charge in [0, 0.05) is 56.4 Å². The van der Waals surface area contributed by atoms with E-state index in [1.807, 2.05) is 17.0 Å².